The fourth-order valence-electron chi connectivity index (χ4n) is 0.850. The van der Waals surface area contributed by atoms with Gasteiger partial charge in [-0.05, 0) is 0 Å². The second kappa shape index (κ2) is 5.94. The Balaban J connectivity index is 4.53. The monoisotopic (exact) mass is 220 g/mol. The molecule has 8 nitrogen and oxygen atoms in total. The number of amides is 1. The highest BCUT2D eigenvalue weighted by Crippen LogP contribution is 1.95. The standard InChI is InChI=1S/C7H12N2O6/c8-1-4(10)7(15)9(2-5(11)12)3-6(13)14/h4,10H,1-3,8H2,(H,11,12)(H,13,14). The third-order valence-electron chi connectivity index (χ3n) is 1.47. The Morgan fingerprint density at radius 3 is 1.80 bits per heavy atom. The van der Waals surface area contributed by atoms with Crippen LogP contribution in [0, 0.1) is 0 Å². The highest BCUT2D eigenvalue weighted by atomic mass is 16.4. The Labute approximate surface area is 84.9 Å². The molecule has 0 saturated carbocycles. The van der Waals surface area contributed by atoms with Gasteiger partial charge in [-0.15, -0.1) is 0 Å². The van der Waals surface area contributed by atoms with Crippen molar-refractivity contribution in [1.82, 2.24) is 4.90 Å². The maximum atomic E-state index is 11.2. The summed E-state index contributed by atoms with van der Waals surface area (Å²) >= 11 is 0. The second-order valence-corrected chi connectivity index (χ2v) is 2.73. The quantitative estimate of drug-likeness (QED) is 0.381. The zero-order valence-corrected chi connectivity index (χ0v) is 7.79. The number of aliphatic hydroxyl groups is 1. The van der Waals surface area contributed by atoms with E-state index in [4.69, 9.17) is 21.1 Å². The summed E-state index contributed by atoms with van der Waals surface area (Å²) in [5.41, 5.74) is 4.98. The van der Waals surface area contributed by atoms with Crippen LogP contribution in [-0.4, -0.2) is 63.8 Å². The maximum absolute atomic E-state index is 11.2. The fraction of sp³-hybridized carbons (Fsp3) is 0.571. The summed E-state index contributed by atoms with van der Waals surface area (Å²) in [6.45, 7) is -1.97. The van der Waals surface area contributed by atoms with Gasteiger partial charge in [0.25, 0.3) is 5.91 Å². The molecule has 1 amide bonds. The molecule has 15 heavy (non-hydrogen) atoms. The van der Waals surface area contributed by atoms with Crippen molar-refractivity contribution in [3.05, 3.63) is 0 Å². The molecule has 0 rings (SSSR count). The average Bonchev–Trinajstić information content (AvgIpc) is 2.13. The molecule has 0 aromatic heterocycles. The normalized spacial score (nSPS) is 11.9. The fourth-order valence-corrected chi connectivity index (χ4v) is 0.850. The number of rotatable bonds is 6. The van der Waals surface area contributed by atoms with Gasteiger partial charge in [0.1, 0.15) is 19.2 Å². The van der Waals surface area contributed by atoms with Crippen LogP contribution in [0.25, 0.3) is 0 Å². The molecule has 86 valence electrons. The van der Waals surface area contributed by atoms with Crippen LogP contribution < -0.4 is 5.73 Å². The number of carboxylic acid groups (broad SMARTS) is 2. The average molecular weight is 220 g/mol. The number of hydrogen-bond donors (Lipinski definition) is 4. The Kier molecular flexibility index (Phi) is 5.27. The third kappa shape index (κ3) is 4.93. The van der Waals surface area contributed by atoms with Gasteiger partial charge in [-0.25, -0.2) is 0 Å². The Morgan fingerprint density at radius 2 is 1.53 bits per heavy atom. The number of carboxylic acids is 2. The smallest absolute Gasteiger partial charge is 0.323 e. The van der Waals surface area contributed by atoms with E-state index in [1.807, 2.05) is 0 Å². The zero-order chi connectivity index (χ0) is 12.0. The van der Waals surface area contributed by atoms with Crippen molar-refractivity contribution in [2.24, 2.45) is 5.73 Å². The molecule has 5 N–H and O–H groups in total. The van der Waals surface area contributed by atoms with Gasteiger partial charge in [-0.3, -0.25) is 14.4 Å². The molecular weight excluding hydrogens is 208 g/mol. The van der Waals surface area contributed by atoms with Gasteiger partial charge >= 0.3 is 11.9 Å². The maximum Gasteiger partial charge on any atom is 0.323 e. The number of nitrogens with zero attached hydrogens (tertiary/aromatic N) is 1. The molecule has 0 aromatic rings. The highest BCUT2D eigenvalue weighted by Gasteiger charge is 2.24. The van der Waals surface area contributed by atoms with E-state index in [0.717, 1.165) is 0 Å². The van der Waals surface area contributed by atoms with E-state index in [-0.39, 0.29) is 0 Å². The second-order valence-electron chi connectivity index (χ2n) is 2.73. The first-order chi connectivity index (χ1) is 6.88. The highest BCUT2D eigenvalue weighted by molar-refractivity contribution is 5.87. The topological polar surface area (TPSA) is 141 Å². The molecule has 0 heterocycles. The van der Waals surface area contributed by atoms with Crippen molar-refractivity contribution in [3.8, 4) is 0 Å². The molecule has 0 aliphatic heterocycles. The molecular formula is C7H12N2O6. The summed E-state index contributed by atoms with van der Waals surface area (Å²) in [5.74, 6) is -3.75. The Morgan fingerprint density at radius 1 is 1.13 bits per heavy atom. The van der Waals surface area contributed by atoms with E-state index >= 15 is 0 Å². The summed E-state index contributed by atoms with van der Waals surface area (Å²) < 4.78 is 0. The van der Waals surface area contributed by atoms with Crippen LogP contribution in [0.15, 0.2) is 0 Å². The van der Waals surface area contributed by atoms with Crippen molar-refractivity contribution in [1.29, 1.82) is 0 Å². The van der Waals surface area contributed by atoms with Crippen LogP contribution in [0.3, 0.4) is 0 Å². The zero-order valence-electron chi connectivity index (χ0n) is 7.79. The molecule has 0 radical (unpaired) electrons. The minimum Gasteiger partial charge on any atom is -0.480 e. The van der Waals surface area contributed by atoms with Crippen LogP contribution in [0.2, 0.25) is 0 Å². The molecule has 0 spiro atoms. The molecule has 0 aliphatic rings. The molecule has 0 aromatic carbocycles. The molecule has 0 fully saturated rings. The summed E-state index contributed by atoms with van der Waals surface area (Å²) in [6.07, 6.45) is -1.58. The number of hydrogen-bond acceptors (Lipinski definition) is 5. The molecule has 0 saturated heterocycles. The van der Waals surface area contributed by atoms with Gasteiger partial charge in [-0.1, -0.05) is 0 Å². The minimum atomic E-state index is -1.58. The Bertz CT molecular complexity index is 250. The largest absolute Gasteiger partial charge is 0.480 e. The number of aliphatic hydroxyl groups excluding tert-OH is 1. The first-order valence-electron chi connectivity index (χ1n) is 3.99. The lowest BCUT2D eigenvalue weighted by atomic mass is 10.3. The first kappa shape index (κ1) is 13.3. The van der Waals surface area contributed by atoms with Crippen LogP contribution in [0.1, 0.15) is 0 Å². The van der Waals surface area contributed by atoms with E-state index in [9.17, 15) is 14.4 Å². The van der Waals surface area contributed by atoms with Crippen LogP contribution in [0.5, 0.6) is 0 Å². The lowest BCUT2D eigenvalue weighted by Crippen LogP contribution is -2.46. The van der Waals surface area contributed by atoms with Crippen molar-refractivity contribution < 1.29 is 29.7 Å². The van der Waals surface area contributed by atoms with Crippen molar-refractivity contribution in [2.75, 3.05) is 19.6 Å². The number of carbonyl (C=O) groups is 3. The predicted octanol–water partition coefficient (Wildman–Crippen LogP) is -2.70. The Hall–Kier alpha value is -1.67. The van der Waals surface area contributed by atoms with Crippen LogP contribution >= 0.6 is 0 Å². The van der Waals surface area contributed by atoms with Gasteiger partial charge in [0.2, 0.25) is 0 Å². The molecule has 1 atom stereocenters. The number of carbonyl (C=O) groups excluding carboxylic acids is 1. The van der Waals surface area contributed by atoms with E-state index in [1.165, 1.54) is 0 Å². The van der Waals surface area contributed by atoms with E-state index in [1.54, 1.807) is 0 Å². The number of aliphatic carboxylic acids is 2. The molecule has 1 unspecified atom stereocenters. The SMILES string of the molecule is NCC(O)C(=O)N(CC(=O)O)CC(=O)O. The molecule has 0 bridgehead atoms. The van der Waals surface area contributed by atoms with Gasteiger partial charge in [0, 0.05) is 6.54 Å². The van der Waals surface area contributed by atoms with Crippen molar-refractivity contribution >= 4 is 17.8 Å². The van der Waals surface area contributed by atoms with Gasteiger partial charge in [0.05, 0.1) is 0 Å². The van der Waals surface area contributed by atoms with Crippen LogP contribution in [-0.2, 0) is 14.4 Å². The van der Waals surface area contributed by atoms with E-state index < -0.39 is 43.6 Å². The van der Waals surface area contributed by atoms with Crippen molar-refractivity contribution in [3.63, 3.8) is 0 Å². The summed E-state index contributed by atoms with van der Waals surface area (Å²) in [6, 6.07) is 0. The van der Waals surface area contributed by atoms with E-state index in [2.05, 4.69) is 0 Å². The summed E-state index contributed by atoms with van der Waals surface area (Å²) in [7, 11) is 0. The van der Waals surface area contributed by atoms with E-state index in [0.29, 0.717) is 4.90 Å². The predicted molar refractivity (Wildman–Crippen MR) is 46.9 cm³/mol. The first-order valence-corrected chi connectivity index (χ1v) is 3.99. The lowest BCUT2D eigenvalue weighted by Gasteiger charge is -2.20. The van der Waals surface area contributed by atoms with Crippen molar-refractivity contribution in [2.45, 2.75) is 6.10 Å². The van der Waals surface area contributed by atoms with Crippen LogP contribution in [0.4, 0.5) is 0 Å². The third-order valence-corrected chi connectivity index (χ3v) is 1.47. The minimum absolute atomic E-state index is 0.394. The van der Waals surface area contributed by atoms with Gasteiger partial charge < -0.3 is 26.0 Å². The van der Waals surface area contributed by atoms with Gasteiger partial charge in [-0.2, -0.15) is 0 Å². The summed E-state index contributed by atoms with van der Waals surface area (Å²) in [4.78, 5) is 32.3. The molecule has 8 heteroatoms. The molecule has 0 aliphatic carbocycles. The lowest BCUT2D eigenvalue weighted by molar-refractivity contribution is -0.153. The number of nitrogens with two attached hydrogens (primary N) is 1. The summed E-state index contributed by atoms with van der Waals surface area (Å²) in [5, 5.41) is 25.8. The van der Waals surface area contributed by atoms with Gasteiger partial charge in [0.15, 0.2) is 0 Å².